The Morgan fingerprint density at radius 1 is 1.47 bits per heavy atom. The second kappa shape index (κ2) is 6.05. The standard InChI is InChI=1S/C13H21BrN4O/c1-4-6-15-11-10(14)12(17-8-16-11)18-13(3)5-7-19-9(13)2/h8-9H,4-7H2,1-3H3,(H2,15,16,17,18). The molecule has 0 amide bonds. The lowest BCUT2D eigenvalue weighted by Crippen LogP contribution is -2.41. The number of anilines is 2. The Balaban J connectivity index is 2.16. The van der Waals surface area contributed by atoms with E-state index in [1.165, 1.54) is 0 Å². The fourth-order valence-corrected chi connectivity index (χ4v) is 2.54. The first kappa shape index (κ1) is 14.5. The van der Waals surface area contributed by atoms with Crippen LogP contribution in [0.1, 0.15) is 33.6 Å². The second-order valence-corrected chi connectivity index (χ2v) is 5.91. The van der Waals surface area contributed by atoms with E-state index in [-0.39, 0.29) is 11.6 Å². The summed E-state index contributed by atoms with van der Waals surface area (Å²) in [5, 5.41) is 6.77. The third kappa shape index (κ3) is 3.17. The lowest BCUT2D eigenvalue weighted by Gasteiger charge is -2.30. The normalized spacial score (nSPS) is 26.4. The van der Waals surface area contributed by atoms with Gasteiger partial charge in [0.2, 0.25) is 0 Å². The highest BCUT2D eigenvalue weighted by Gasteiger charge is 2.37. The minimum absolute atomic E-state index is 0.0844. The van der Waals surface area contributed by atoms with E-state index in [4.69, 9.17) is 4.74 Å². The van der Waals surface area contributed by atoms with Crippen molar-refractivity contribution in [3.8, 4) is 0 Å². The van der Waals surface area contributed by atoms with Crippen LogP contribution in [0.5, 0.6) is 0 Å². The summed E-state index contributed by atoms with van der Waals surface area (Å²) in [7, 11) is 0. The molecule has 5 nitrogen and oxygen atoms in total. The highest BCUT2D eigenvalue weighted by Crippen LogP contribution is 2.33. The molecule has 2 N–H and O–H groups in total. The van der Waals surface area contributed by atoms with Crippen LogP contribution < -0.4 is 10.6 Å². The van der Waals surface area contributed by atoms with Crippen molar-refractivity contribution in [3.05, 3.63) is 10.8 Å². The maximum atomic E-state index is 5.64. The molecule has 2 rings (SSSR count). The quantitative estimate of drug-likeness (QED) is 0.869. The van der Waals surface area contributed by atoms with Crippen LogP contribution >= 0.6 is 15.9 Å². The van der Waals surface area contributed by atoms with Gasteiger partial charge < -0.3 is 15.4 Å². The fourth-order valence-electron chi connectivity index (χ4n) is 2.09. The van der Waals surface area contributed by atoms with Crippen molar-refractivity contribution < 1.29 is 4.74 Å². The molecule has 2 atom stereocenters. The van der Waals surface area contributed by atoms with Gasteiger partial charge in [0, 0.05) is 13.2 Å². The van der Waals surface area contributed by atoms with Gasteiger partial charge in [-0.1, -0.05) is 6.92 Å². The number of rotatable bonds is 5. The molecule has 0 radical (unpaired) electrons. The number of ether oxygens (including phenoxy) is 1. The molecular weight excluding hydrogens is 308 g/mol. The van der Waals surface area contributed by atoms with Gasteiger partial charge in [-0.15, -0.1) is 0 Å². The Labute approximate surface area is 122 Å². The lowest BCUT2D eigenvalue weighted by atomic mass is 9.95. The third-order valence-electron chi connectivity index (χ3n) is 3.62. The van der Waals surface area contributed by atoms with Crippen LogP contribution in [0.4, 0.5) is 11.6 Å². The Morgan fingerprint density at radius 3 is 2.84 bits per heavy atom. The highest BCUT2D eigenvalue weighted by atomic mass is 79.9. The van der Waals surface area contributed by atoms with Crippen LogP contribution in [0.15, 0.2) is 10.8 Å². The largest absolute Gasteiger partial charge is 0.376 e. The third-order valence-corrected chi connectivity index (χ3v) is 4.37. The average molecular weight is 329 g/mol. The van der Waals surface area contributed by atoms with Crippen LogP contribution in [-0.2, 0) is 4.74 Å². The average Bonchev–Trinajstić information content (AvgIpc) is 2.71. The zero-order valence-corrected chi connectivity index (χ0v) is 13.2. The zero-order valence-electron chi connectivity index (χ0n) is 11.7. The van der Waals surface area contributed by atoms with Gasteiger partial charge in [0.25, 0.3) is 0 Å². The van der Waals surface area contributed by atoms with Crippen molar-refractivity contribution >= 4 is 27.6 Å². The summed E-state index contributed by atoms with van der Waals surface area (Å²) in [6.07, 6.45) is 3.78. The molecule has 1 aliphatic rings. The lowest BCUT2D eigenvalue weighted by molar-refractivity contribution is 0.105. The predicted octanol–water partition coefficient (Wildman–Crippen LogP) is 3.04. The highest BCUT2D eigenvalue weighted by molar-refractivity contribution is 9.10. The van der Waals surface area contributed by atoms with E-state index in [1.807, 2.05) is 0 Å². The predicted molar refractivity (Wildman–Crippen MR) is 80.6 cm³/mol. The Bertz CT molecular complexity index is 443. The van der Waals surface area contributed by atoms with E-state index in [2.05, 4.69) is 57.3 Å². The van der Waals surface area contributed by atoms with Crippen molar-refractivity contribution in [2.75, 3.05) is 23.8 Å². The van der Waals surface area contributed by atoms with E-state index in [1.54, 1.807) is 6.33 Å². The van der Waals surface area contributed by atoms with Crippen molar-refractivity contribution in [1.29, 1.82) is 0 Å². The summed E-state index contributed by atoms with van der Waals surface area (Å²) in [5.41, 5.74) is -0.0844. The molecule has 1 aromatic rings. The molecule has 0 aromatic carbocycles. The van der Waals surface area contributed by atoms with Crippen LogP contribution in [0, 0.1) is 0 Å². The number of hydrogen-bond acceptors (Lipinski definition) is 5. The maximum absolute atomic E-state index is 5.64. The zero-order chi connectivity index (χ0) is 13.9. The van der Waals surface area contributed by atoms with Crippen LogP contribution in [0.25, 0.3) is 0 Å². The van der Waals surface area contributed by atoms with E-state index < -0.39 is 0 Å². The molecule has 6 heteroatoms. The number of aromatic nitrogens is 2. The first-order valence-electron chi connectivity index (χ1n) is 6.71. The molecule has 1 fully saturated rings. The maximum Gasteiger partial charge on any atom is 0.146 e. The van der Waals surface area contributed by atoms with Gasteiger partial charge in [-0.25, -0.2) is 9.97 Å². The molecule has 0 spiro atoms. The Kier molecular flexibility index (Phi) is 4.62. The summed E-state index contributed by atoms with van der Waals surface area (Å²) in [5.74, 6) is 1.64. The molecule has 0 saturated carbocycles. The van der Waals surface area contributed by atoms with Crippen molar-refractivity contribution in [1.82, 2.24) is 9.97 Å². The number of nitrogens with zero attached hydrogens (tertiary/aromatic N) is 2. The number of halogens is 1. The Morgan fingerprint density at radius 2 is 2.21 bits per heavy atom. The summed E-state index contributed by atoms with van der Waals surface area (Å²) in [4.78, 5) is 8.58. The minimum Gasteiger partial charge on any atom is -0.376 e. The van der Waals surface area contributed by atoms with Crippen LogP contribution in [0.3, 0.4) is 0 Å². The molecule has 0 aliphatic carbocycles. The fraction of sp³-hybridized carbons (Fsp3) is 0.692. The van der Waals surface area contributed by atoms with Gasteiger partial charge in [0.15, 0.2) is 0 Å². The summed E-state index contributed by atoms with van der Waals surface area (Å²) >= 11 is 3.57. The van der Waals surface area contributed by atoms with Gasteiger partial charge in [-0.2, -0.15) is 0 Å². The second-order valence-electron chi connectivity index (χ2n) is 5.12. The molecular formula is C13H21BrN4O. The van der Waals surface area contributed by atoms with Crippen molar-refractivity contribution in [2.24, 2.45) is 0 Å². The van der Waals surface area contributed by atoms with E-state index >= 15 is 0 Å². The molecule has 1 aliphatic heterocycles. The van der Waals surface area contributed by atoms with E-state index in [0.29, 0.717) is 0 Å². The van der Waals surface area contributed by atoms with E-state index in [0.717, 1.165) is 42.1 Å². The Hall–Kier alpha value is -0.880. The summed E-state index contributed by atoms with van der Waals surface area (Å²) in [6, 6.07) is 0. The molecule has 1 saturated heterocycles. The van der Waals surface area contributed by atoms with Crippen LogP contribution in [0.2, 0.25) is 0 Å². The van der Waals surface area contributed by atoms with Gasteiger partial charge in [-0.05, 0) is 42.6 Å². The van der Waals surface area contributed by atoms with Crippen molar-refractivity contribution in [3.63, 3.8) is 0 Å². The molecule has 106 valence electrons. The van der Waals surface area contributed by atoms with Gasteiger partial charge >= 0.3 is 0 Å². The first-order valence-corrected chi connectivity index (χ1v) is 7.50. The number of hydrogen-bond donors (Lipinski definition) is 2. The number of nitrogens with one attached hydrogen (secondary N) is 2. The molecule has 2 heterocycles. The topological polar surface area (TPSA) is 59.1 Å². The van der Waals surface area contributed by atoms with Gasteiger partial charge in [0.05, 0.1) is 11.6 Å². The first-order chi connectivity index (χ1) is 9.07. The van der Waals surface area contributed by atoms with Crippen LogP contribution in [-0.4, -0.2) is 34.8 Å². The van der Waals surface area contributed by atoms with Gasteiger partial charge in [0.1, 0.15) is 22.4 Å². The monoisotopic (exact) mass is 328 g/mol. The van der Waals surface area contributed by atoms with E-state index in [9.17, 15) is 0 Å². The van der Waals surface area contributed by atoms with Crippen molar-refractivity contribution in [2.45, 2.75) is 45.3 Å². The molecule has 2 unspecified atom stereocenters. The summed E-state index contributed by atoms with van der Waals surface area (Å²) < 4.78 is 6.52. The molecule has 19 heavy (non-hydrogen) atoms. The smallest absolute Gasteiger partial charge is 0.146 e. The summed E-state index contributed by atoms with van der Waals surface area (Å²) in [6.45, 7) is 8.06. The van der Waals surface area contributed by atoms with Gasteiger partial charge in [-0.3, -0.25) is 0 Å². The molecule has 0 bridgehead atoms. The molecule has 1 aromatic heterocycles. The SMILES string of the molecule is CCCNc1ncnc(NC2(C)CCOC2C)c1Br. The minimum atomic E-state index is -0.0844.